The van der Waals surface area contributed by atoms with Crippen molar-refractivity contribution in [3.63, 3.8) is 0 Å². The molecule has 1 aromatic carbocycles. The molecule has 0 spiro atoms. The number of carbonyl (C=O) groups excluding carboxylic acids is 2. The first kappa shape index (κ1) is 22.3. The van der Waals surface area contributed by atoms with Crippen molar-refractivity contribution in [3.8, 4) is 5.75 Å². The molecule has 1 fully saturated rings. The van der Waals surface area contributed by atoms with E-state index in [2.05, 4.69) is 16.3 Å². The third-order valence-electron chi connectivity index (χ3n) is 6.03. The maximum absolute atomic E-state index is 12.5. The molecule has 3 rings (SSSR count). The average molecular weight is 414 g/mol. The van der Waals surface area contributed by atoms with Crippen LogP contribution in [0.2, 0.25) is 0 Å². The van der Waals surface area contributed by atoms with Crippen LogP contribution in [0, 0.1) is 0 Å². The molecule has 164 valence electrons. The Balaban J connectivity index is 1.30. The number of ether oxygens (including phenoxy) is 1. The number of nitrogens with one attached hydrogen (secondary N) is 1. The lowest BCUT2D eigenvalue weighted by molar-refractivity contribution is -0.133. The first-order valence-electron chi connectivity index (χ1n) is 11.2. The van der Waals surface area contributed by atoms with E-state index in [-0.39, 0.29) is 11.8 Å². The van der Waals surface area contributed by atoms with Crippen molar-refractivity contribution in [3.05, 3.63) is 41.5 Å². The normalized spacial score (nSPS) is 17.4. The smallest absolute Gasteiger partial charge is 0.234 e. The first-order valence-corrected chi connectivity index (χ1v) is 11.2. The number of amides is 2. The number of hydrogen-bond acceptors (Lipinski definition) is 4. The van der Waals surface area contributed by atoms with E-state index in [9.17, 15) is 9.59 Å². The summed E-state index contributed by atoms with van der Waals surface area (Å²) in [7, 11) is 1.65. The Bertz CT molecular complexity index is 722. The van der Waals surface area contributed by atoms with Crippen LogP contribution in [-0.2, 0) is 16.0 Å². The molecule has 1 aromatic rings. The number of allylic oxidation sites excluding steroid dienone is 1. The number of carbonyl (C=O) groups is 2. The highest BCUT2D eigenvalue weighted by molar-refractivity contribution is 5.78. The van der Waals surface area contributed by atoms with Gasteiger partial charge >= 0.3 is 0 Å². The predicted molar refractivity (Wildman–Crippen MR) is 119 cm³/mol. The van der Waals surface area contributed by atoms with Gasteiger partial charge in [0.05, 0.1) is 13.7 Å². The summed E-state index contributed by atoms with van der Waals surface area (Å²) >= 11 is 0. The van der Waals surface area contributed by atoms with Gasteiger partial charge in [-0.15, -0.1) is 0 Å². The first-order chi connectivity index (χ1) is 14.6. The van der Waals surface area contributed by atoms with Gasteiger partial charge in [0.1, 0.15) is 5.75 Å². The van der Waals surface area contributed by atoms with Crippen LogP contribution in [0.3, 0.4) is 0 Å². The van der Waals surface area contributed by atoms with Gasteiger partial charge in [0.15, 0.2) is 0 Å². The van der Waals surface area contributed by atoms with Crippen LogP contribution in [0.4, 0.5) is 0 Å². The van der Waals surface area contributed by atoms with Crippen molar-refractivity contribution < 1.29 is 14.3 Å². The Hall–Kier alpha value is -2.34. The maximum Gasteiger partial charge on any atom is 0.234 e. The minimum Gasteiger partial charge on any atom is -0.497 e. The molecule has 30 heavy (non-hydrogen) atoms. The van der Waals surface area contributed by atoms with Gasteiger partial charge in [0.25, 0.3) is 0 Å². The summed E-state index contributed by atoms with van der Waals surface area (Å²) in [4.78, 5) is 28.8. The summed E-state index contributed by atoms with van der Waals surface area (Å²) in [6.07, 6.45) is 9.51. The zero-order valence-electron chi connectivity index (χ0n) is 18.2. The zero-order chi connectivity index (χ0) is 21.2. The number of benzene rings is 1. The molecule has 0 bridgehead atoms. The molecule has 1 aliphatic carbocycles. The topological polar surface area (TPSA) is 61.9 Å². The Morgan fingerprint density at radius 2 is 1.80 bits per heavy atom. The molecule has 1 heterocycles. The molecule has 0 saturated carbocycles. The molecule has 0 radical (unpaired) electrons. The molecule has 2 aliphatic rings. The molecule has 1 aliphatic heterocycles. The van der Waals surface area contributed by atoms with Crippen molar-refractivity contribution in [2.24, 2.45) is 0 Å². The van der Waals surface area contributed by atoms with E-state index < -0.39 is 0 Å². The molecule has 6 heteroatoms. The van der Waals surface area contributed by atoms with Crippen LogP contribution in [0.25, 0.3) is 0 Å². The molecule has 0 aromatic heterocycles. The average Bonchev–Trinajstić information content (AvgIpc) is 2.79. The Kier molecular flexibility index (Phi) is 8.75. The molecule has 1 N–H and O–H groups in total. The fourth-order valence-corrected chi connectivity index (χ4v) is 4.11. The van der Waals surface area contributed by atoms with E-state index >= 15 is 0 Å². The van der Waals surface area contributed by atoms with Gasteiger partial charge in [0.2, 0.25) is 11.8 Å². The Morgan fingerprint density at radius 1 is 1.03 bits per heavy atom. The third kappa shape index (κ3) is 7.17. The third-order valence-corrected chi connectivity index (χ3v) is 6.03. The minimum atomic E-state index is 0.0886. The summed E-state index contributed by atoms with van der Waals surface area (Å²) in [6, 6.07) is 7.87. The second kappa shape index (κ2) is 11.7. The minimum absolute atomic E-state index is 0.0886. The Morgan fingerprint density at radius 3 is 2.47 bits per heavy atom. The highest BCUT2D eigenvalue weighted by Crippen LogP contribution is 2.19. The summed E-state index contributed by atoms with van der Waals surface area (Å²) in [5, 5.41) is 3.05. The van der Waals surface area contributed by atoms with Gasteiger partial charge in [-0.2, -0.15) is 0 Å². The number of rotatable bonds is 9. The number of hydrogen-bond donors (Lipinski definition) is 1. The highest BCUT2D eigenvalue weighted by Gasteiger charge is 2.22. The van der Waals surface area contributed by atoms with Gasteiger partial charge in [-0.25, -0.2) is 0 Å². The molecular formula is C24H35N3O3. The summed E-state index contributed by atoms with van der Waals surface area (Å²) in [6.45, 7) is 4.06. The van der Waals surface area contributed by atoms with Gasteiger partial charge in [-0.1, -0.05) is 23.8 Å². The van der Waals surface area contributed by atoms with Gasteiger partial charge in [-0.05, 0) is 56.2 Å². The lowest BCUT2D eigenvalue weighted by Crippen LogP contribution is -2.51. The van der Waals surface area contributed by atoms with Crippen molar-refractivity contribution >= 4 is 11.8 Å². The molecular weight excluding hydrogens is 378 g/mol. The van der Waals surface area contributed by atoms with Crippen LogP contribution in [0.1, 0.15) is 44.1 Å². The standard InChI is InChI=1S/C24H35N3O3/c1-30-22-10-7-21(8-11-22)9-12-24(29)27-17-15-26(16-18-27)19-23(28)25-14-13-20-5-3-2-4-6-20/h5,7-8,10-11H,2-4,6,9,12-19H2,1H3,(H,25,28). The molecule has 1 saturated heterocycles. The van der Waals surface area contributed by atoms with Crippen molar-refractivity contribution in [1.82, 2.24) is 15.1 Å². The molecule has 6 nitrogen and oxygen atoms in total. The van der Waals surface area contributed by atoms with Crippen molar-refractivity contribution in [2.45, 2.75) is 44.9 Å². The predicted octanol–water partition coefficient (Wildman–Crippen LogP) is 2.78. The summed E-state index contributed by atoms with van der Waals surface area (Å²) in [5.74, 6) is 1.11. The van der Waals surface area contributed by atoms with Crippen molar-refractivity contribution in [1.29, 1.82) is 0 Å². The van der Waals surface area contributed by atoms with Crippen molar-refractivity contribution in [2.75, 3.05) is 46.4 Å². The molecule has 0 unspecified atom stereocenters. The van der Waals surface area contributed by atoms with E-state index in [4.69, 9.17) is 4.74 Å². The SMILES string of the molecule is COc1ccc(CCC(=O)N2CCN(CC(=O)NCCC3=CCCCC3)CC2)cc1. The number of methoxy groups -OCH3 is 1. The largest absolute Gasteiger partial charge is 0.497 e. The van der Waals surface area contributed by atoms with E-state index in [0.717, 1.165) is 43.8 Å². The molecule has 0 atom stereocenters. The van der Waals surface area contributed by atoms with Gasteiger partial charge < -0.3 is 15.0 Å². The second-order valence-corrected chi connectivity index (χ2v) is 8.21. The van der Waals surface area contributed by atoms with E-state index in [1.165, 1.54) is 31.3 Å². The fraction of sp³-hybridized carbons (Fsp3) is 0.583. The van der Waals surface area contributed by atoms with Gasteiger partial charge in [0, 0.05) is 39.1 Å². The van der Waals surface area contributed by atoms with Crippen LogP contribution in [0.15, 0.2) is 35.9 Å². The maximum atomic E-state index is 12.5. The lowest BCUT2D eigenvalue weighted by atomic mass is 9.97. The Labute approximate surface area is 180 Å². The van der Waals surface area contributed by atoms with Crippen LogP contribution < -0.4 is 10.1 Å². The van der Waals surface area contributed by atoms with E-state index in [1.807, 2.05) is 29.2 Å². The second-order valence-electron chi connectivity index (χ2n) is 8.21. The van der Waals surface area contributed by atoms with E-state index in [0.29, 0.717) is 26.1 Å². The zero-order valence-corrected chi connectivity index (χ0v) is 18.2. The van der Waals surface area contributed by atoms with Crippen LogP contribution in [-0.4, -0.2) is 68.0 Å². The summed E-state index contributed by atoms with van der Waals surface area (Å²) < 4.78 is 5.17. The number of piperazine rings is 1. The van der Waals surface area contributed by atoms with E-state index in [1.54, 1.807) is 7.11 Å². The number of nitrogens with zero attached hydrogens (tertiary/aromatic N) is 2. The summed E-state index contributed by atoms with van der Waals surface area (Å²) in [5.41, 5.74) is 2.63. The van der Waals surface area contributed by atoms with Gasteiger partial charge in [-0.3, -0.25) is 14.5 Å². The fourth-order valence-electron chi connectivity index (χ4n) is 4.11. The quantitative estimate of drug-likeness (QED) is 0.633. The van der Waals surface area contributed by atoms with Crippen LogP contribution >= 0.6 is 0 Å². The lowest BCUT2D eigenvalue weighted by Gasteiger charge is -2.34. The van der Waals surface area contributed by atoms with Crippen LogP contribution in [0.5, 0.6) is 5.75 Å². The highest BCUT2D eigenvalue weighted by atomic mass is 16.5. The molecule has 2 amide bonds. The number of aryl methyl sites for hydroxylation is 1. The monoisotopic (exact) mass is 413 g/mol.